The molecule has 0 aromatic heterocycles. The zero-order chi connectivity index (χ0) is 13.8. The molecular formula is C9H14ClN5O3S. The normalized spacial score (nSPS) is 9.95. The van der Waals surface area contributed by atoms with Crippen molar-refractivity contribution in [3.63, 3.8) is 0 Å². The van der Waals surface area contributed by atoms with Gasteiger partial charge in [-0.2, -0.15) is 0 Å². The van der Waals surface area contributed by atoms with Crippen LogP contribution in [0.1, 0.15) is 5.56 Å². The molecule has 0 spiro atoms. The van der Waals surface area contributed by atoms with Crippen LogP contribution in [-0.4, -0.2) is 20.4 Å². The molecule has 0 aliphatic rings. The number of amides is 2. The van der Waals surface area contributed by atoms with Crippen LogP contribution in [0.4, 0.5) is 4.79 Å². The molecule has 0 fully saturated rings. The third kappa shape index (κ3) is 5.44. The number of nitrogens with two attached hydrogens (primary N) is 2. The maximum absolute atomic E-state index is 11.7. The molecule has 10 heteroatoms. The number of rotatable bonds is 3. The van der Waals surface area contributed by atoms with Gasteiger partial charge in [0.2, 0.25) is 5.96 Å². The second-order valence-electron chi connectivity index (χ2n) is 3.40. The number of carbonyl (C=O) groups excluding carboxylic acids is 1. The van der Waals surface area contributed by atoms with E-state index in [1.165, 1.54) is 12.1 Å². The number of nitrogens with one attached hydrogen (secondary N) is 2. The summed E-state index contributed by atoms with van der Waals surface area (Å²) in [6.07, 6.45) is 0. The van der Waals surface area contributed by atoms with Crippen LogP contribution in [0.25, 0.3) is 0 Å². The second-order valence-corrected chi connectivity index (χ2v) is 5.08. The fourth-order valence-corrected chi connectivity index (χ4v) is 1.94. The lowest BCUT2D eigenvalue weighted by Crippen LogP contribution is -2.39. The Morgan fingerprint density at radius 2 is 1.74 bits per heavy atom. The molecule has 0 atom stereocenters. The van der Waals surface area contributed by atoms with Crippen molar-refractivity contribution in [2.45, 2.75) is 11.8 Å². The first-order chi connectivity index (χ1) is 8.31. The molecule has 0 aliphatic heterocycles. The molecule has 1 aromatic carbocycles. The predicted octanol–water partition coefficient (Wildman–Crippen LogP) is -0.407. The molecule has 19 heavy (non-hydrogen) atoms. The minimum atomic E-state index is -3.94. The predicted molar refractivity (Wildman–Crippen MR) is 73.1 cm³/mol. The fraction of sp³-hybridized carbons (Fsp3) is 0.111. The molecule has 0 radical (unpaired) electrons. The molecule has 1 rings (SSSR count). The van der Waals surface area contributed by atoms with Crippen molar-refractivity contribution in [3.05, 3.63) is 29.8 Å². The van der Waals surface area contributed by atoms with Gasteiger partial charge in [-0.3, -0.25) is 0 Å². The highest BCUT2D eigenvalue weighted by Crippen LogP contribution is 2.09. The van der Waals surface area contributed by atoms with Gasteiger partial charge < -0.3 is 11.5 Å². The standard InChI is InChI=1S/C9H13N5O3S.ClH/c1-6-2-4-7(5-3-6)18(16,17)14-9(15)13-12-8(10)11;/h2-5H,1H3,(H4,10,11,12)(H2,13,14,15);1H. The van der Waals surface area contributed by atoms with Crippen LogP contribution >= 0.6 is 12.4 Å². The Bertz CT molecular complexity index is 566. The fourth-order valence-electron chi connectivity index (χ4n) is 1.04. The van der Waals surface area contributed by atoms with E-state index in [2.05, 4.69) is 5.10 Å². The van der Waals surface area contributed by atoms with E-state index >= 15 is 0 Å². The van der Waals surface area contributed by atoms with Gasteiger partial charge in [-0.15, -0.1) is 17.5 Å². The highest BCUT2D eigenvalue weighted by atomic mass is 35.5. The maximum atomic E-state index is 11.7. The van der Waals surface area contributed by atoms with Gasteiger partial charge in [-0.1, -0.05) is 17.7 Å². The first kappa shape index (κ1) is 17.0. The summed E-state index contributed by atoms with van der Waals surface area (Å²) < 4.78 is 25.2. The highest BCUT2D eigenvalue weighted by molar-refractivity contribution is 7.90. The molecule has 0 saturated carbocycles. The highest BCUT2D eigenvalue weighted by Gasteiger charge is 2.16. The number of hydrogen-bond acceptors (Lipinski definition) is 4. The lowest BCUT2D eigenvalue weighted by atomic mass is 10.2. The van der Waals surface area contributed by atoms with Crippen molar-refractivity contribution in [2.75, 3.05) is 0 Å². The zero-order valence-electron chi connectivity index (χ0n) is 9.95. The first-order valence-corrected chi connectivity index (χ1v) is 6.27. The third-order valence-corrected chi connectivity index (χ3v) is 3.19. The Hall–Kier alpha value is -2.00. The summed E-state index contributed by atoms with van der Waals surface area (Å²) in [6, 6.07) is 4.94. The number of guanidine groups is 1. The molecule has 6 N–H and O–H groups in total. The van der Waals surface area contributed by atoms with Gasteiger partial charge in [-0.25, -0.2) is 23.4 Å². The SMILES string of the molecule is Cc1ccc(S(=O)(=O)NC(=O)NN=C(N)N)cc1.Cl. The Morgan fingerprint density at radius 3 is 2.21 bits per heavy atom. The van der Waals surface area contributed by atoms with Crippen LogP contribution in [0.5, 0.6) is 0 Å². The molecule has 0 aliphatic carbocycles. The maximum Gasteiger partial charge on any atom is 0.349 e. The molecule has 0 heterocycles. The second kappa shape index (κ2) is 6.81. The summed E-state index contributed by atoms with van der Waals surface area (Å²) in [7, 11) is -3.94. The molecule has 0 unspecified atom stereocenters. The third-order valence-electron chi connectivity index (χ3n) is 1.84. The molecule has 0 bridgehead atoms. The number of sulfonamides is 1. The van der Waals surface area contributed by atoms with Crippen molar-refractivity contribution >= 4 is 34.4 Å². The number of hydrogen-bond donors (Lipinski definition) is 4. The number of nitrogens with zero attached hydrogens (tertiary/aromatic N) is 1. The number of halogens is 1. The van der Waals surface area contributed by atoms with Crippen LogP contribution in [0.15, 0.2) is 34.3 Å². The van der Waals surface area contributed by atoms with Gasteiger partial charge >= 0.3 is 6.03 Å². The minimum absolute atomic E-state index is 0. The monoisotopic (exact) mass is 307 g/mol. The molecule has 2 amide bonds. The molecule has 0 saturated heterocycles. The quantitative estimate of drug-likeness (QED) is 0.341. The van der Waals surface area contributed by atoms with E-state index in [9.17, 15) is 13.2 Å². The topological polar surface area (TPSA) is 140 Å². The van der Waals surface area contributed by atoms with Crippen molar-refractivity contribution < 1.29 is 13.2 Å². The number of benzene rings is 1. The summed E-state index contributed by atoms with van der Waals surface area (Å²) in [5.41, 5.74) is 12.7. The van der Waals surface area contributed by atoms with Gasteiger partial charge in [-0.05, 0) is 19.1 Å². The number of hydrazone groups is 1. The van der Waals surface area contributed by atoms with Crippen LogP contribution in [-0.2, 0) is 10.0 Å². The average Bonchev–Trinajstić information content (AvgIpc) is 2.26. The molecule has 8 nitrogen and oxygen atoms in total. The van der Waals surface area contributed by atoms with Gasteiger partial charge in [0.1, 0.15) is 0 Å². The van der Waals surface area contributed by atoms with E-state index in [4.69, 9.17) is 11.5 Å². The lowest BCUT2D eigenvalue weighted by molar-refractivity contribution is 0.246. The smallest absolute Gasteiger partial charge is 0.349 e. The van der Waals surface area contributed by atoms with Gasteiger partial charge in [0.25, 0.3) is 10.0 Å². The zero-order valence-corrected chi connectivity index (χ0v) is 11.6. The summed E-state index contributed by atoms with van der Waals surface area (Å²) in [6.45, 7) is 1.81. The van der Waals surface area contributed by atoms with Crippen molar-refractivity contribution in [2.24, 2.45) is 16.6 Å². The van der Waals surface area contributed by atoms with Crippen molar-refractivity contribution in [3.8, 4) is 0 Å². The summed E-state index contributed by atoms with van der Waals surface area (Å²) in [5, 5.41) is 3.16. The van der Waals surface area contributed by atoms with E-state index < -0.39 is 22.0 Å². The van der Waals surface area contributed by atoms with E-state index in [0.717, 1.165) is 5.56 Å². The Balaban J connectivity index is 0.00000324. The lowest BCUT2D eigenvalue weighted by Gasteiger charge is -2.06. The van der Waals surface area contributed by atoms with Crippen LogP contribution in [0, 0.1) is 6.92 Å². The molecule has 106 valence electrons. The van der Waals surface area contributed by atoms with Gasteiger partial charge in [0.15, 0.2) is 0 Å². The summed E-state index contributed by atoms with van der Waals surface area (Å²) in [4.78, 5) is 11.1. The first-order valence-electron chi connectivity index (χ1n) is 4.79. The van der Waals surface area contributed by atoms with Crippen molar-refractivity contribution in [1.29, 1.82) is 0 Å². The summed E-state index contributed by atoms with van der Waals surface area (Å²) in [5.74, 6) is -0.391. The van der Waals surface area contributed by atoms with Gasteiger partial charge in [0, 0.05) is 0 Å². The minimum Gasteiger partial charge on any atom is -0.369 e. The Kier molecular flexibility index (Phi) is 6.09. The number of carbonyl (C=O) groups is 1. The van der Waals surface area contributed by atoms with E-state index in [0.29, 0.717) is 0 Å². The van der Waals surface area contributed by atoms with Crippen LogP contribution in [0.2, 0.25) is 0 Å². The van der Waals surface area contributed by atoms with Crippen molar-refractivity contribution in [1.82, 2.24) is 10.1 Å². The molecular weight excluding hydrogens is 294 g/mol. The largest absolute Gasteiger partial charge is 0.369 e. The summed E-state index contributed by atoms with van der Waals surface area (Å²) >= 11 is 0. The van der Waals surface area contributed by atoms with Crippen LogP contribution in [0.3, 0.4) is 0 Å². The Labute approximate surface area is 116 Å². The van der Waals surface area contributed by atoms with Gasteiger partial charge in [0.05, 0.1) is 4.90 Å². The van der Waals surface area contributed by atoms with E-state index in [1.54, 1.807) is 16.9 Å². The Morgan fingerprint density at radius 1 is 1.21 bits per heavy atom. The number of urea groups is 1. The molecule has 1 aromatic rings. The average molecular weight is 308 g/mol. The van der Waals surface area contributed by atoms with E-state index in [1.807, 2.05) is 12.3 Å². The van der Waals surface area contributed by atoms with Crippen LogP contribution < -0.4 is 21.6 Å². The van der Waals surface area contributed by atoms with E-state index in [-0.39, 0.29) is 17.3 Å². The number of aryl methyl sites for hydroxylation is 1.